The molecule has 1 saturated heterocycles. The van der Waals surface area contributed by atoms with Gasteiger partial charge in [-0.05, 0) is 0 Å². The summed E-state index contributed by atoms with van der Waals surface area (Å²) in [5.41, 5.74) is 0. The summed E-state index contributed by atoms with van der Waals surface area (Å²) < 4.78 is 4.84. The van der Waals surface area contributed by atoms with Gasteiger partial charge in [-0.15, -0.1) is 5.92 Å². The molecule has 0 N–H and O–H groups in total. The summed E-state index contributed by atoms with van der Waals surface area (Å²) in [6.07, 6.45) is 1.24. The van der Waals surface area contributed by atoms with E-state index in [0.29, 0.717) is 6.10 Å². The largest absolute Gasteiger partial charge is 0.359 e. The molecule has 0 aromatic heterocycles. The van der Waals surface area contributed by atoms with Crippen LogP contribution in [0.4, 0.5) is 0 Å². The van der Waals surface area contributed by atoms with Gasteiger partial charge in [-0.25, -0.2) is 0 Å². The summed E-state index contributed by atoms with van der Waals surface area (Å²) in [7, 11) is 0. The lowest BCUT2D eigenvalue weighted by molar-refractivity contribution is 0.445. The number of ether oxygens (including phenoxy) is 1. The zero-order chi connectivity index (χ0) is 5.11. The van der Waals surface area contributed by atoms with Crippen molar-refractivity contribution in [2.24, 2.45) is 0 Å². The van der Waals surface area contributed by atoms with E-state index in [4.69, 9.17) is 4.74 Å². The van der Waals surface area contributed by atoms with E-state index in [9.17, 15) is 0 Å². The van der Waals surface area contributed by atoms with Gasteiger partial charge >= 0.3 is 0 Å². The molecule has 0 bridgehead atoms. The maximum atomic E-state index is 4.84. The lowest BCUT2D eigenvalue weighted by Crippen LogP contribution is -1.71. The summed E-state index contributed by atoms with van der Waals surface area (Å²) in [5, 5.41) is 0. The van der Waals surface area contributed by atoms with Crippen LogP contribution in [0.1, 0.15) is 13.3 Å². The van der Waals surface area contributed by atoms with E-state index in [1.54, 1.807) is 0 Å². The van der Waals surface area contributed by atoms with Crippen LogP contribution in [0.2, 0.25) is 0 Å². The quantitative estimate of drug-likeness (QED) is 0.321. The molecule has 0 aliphatic carbocycles. The maximum absolute atomic E-state index is 4.84. The van der Waals surface area contributed by atoms with Crippen LogP contribution in [0.3, 0.4) is 0 Å². The van der Waals surface area contributed by atoms with E-state index in [1.165, 1.54) is 0 Å². The van der Waals surface area contributed by atoms with Gasteiger partial charge in [0, 0.05) is 6.42 Å². The van der Waals surface area contributed by atoms with Gasteiger partial charge in [-0.2, -0.15) is 0 Å². The molecule has 0 spiro atoms. The Morgan fingerprint density at radius 2 is 2.57 bits per heavy atom. The van der Waals surface area contributed by atoms with Gasteiger partial charge in [-0.1, -0.05) is 12.8 Å². The molecule has 0 aromatic carbocycles. The summed E-state index contributed by atoms with van der Waals surface area (Å²) in [6, 6.07) is 0. The van der Waals surface area contributed by atoms with Gasteiger partial charge in [0.15, 0.2) is 0 Å². The highest BCUT2D eigenvalue weighted by atomic mass is 16.6. The van der Waals surface area contributed by atoms with Crippen molar-refractivity contribution in [1.29, 1.82) is 0 Å². The molecule has 0 radical (unpaired) electrons. The fourth-order valence-electron chi connectivity index (χ4n) is 0.347. The van der Waals surface area contributed by atoms with Crippen LogP contribution >= 0.6 is 0 Å². The molecule has 1 nitrogen and oxygen atoms in total. The van der Waals surface area contributed by atoms with E-state index in [-0.39, 0.29) is 0 Å². The van der Waals surface area contributed by atoms with Crippen LogP contribution in [-0.4, -0.2) is 12.7 Å². The zero-order valence-electron chi connectivity index (χ0n) is 4.40. The fourth-order valence-corrected chi connectivity index (χ4v) is 0.347. The van der Waals surface area contributed by atoms with Gasteiger partial charge in [-0.3, -0.25) is 0 Å². The Hall–Kier alpha value is -0.480. The highest BCUT2D eigenvalue weighted by molar-refractivity contribution is 5.08. The Labute approximate surface area is 43.7 Å². The predicted molar refractivity (Wildman–Crippen MR) is 27.8 cm³/mol. The SMILES string of the molecule is CCC#CC1CO1. The van der Waals surface area contributed by atoms with E-state index >= 15 is 0 Å². The van der Waals surface area contributed by atoms with Crippen LogP contribution < -0.4 is 0 Å². The molecule has 1 aliphatic rings. The molecule has 0 amide bonds. The number of rotatable bonds is 0. The first-order valence-electron chi connectivity index (χ1n) is 2.53. The Bertz CT molecular complexity index is 103. The van der Waals surface area contributed by atoms with Crippen molar-refractivity contribution in [2.75, 3.05) is 6.61 Å². The molecule has 1 heterocycles. The van der Waals surface area contributed by atoms with Crippen LogP contribution in [0, 0.1) is 11.8 Å². The smallest absolute Gasteiger partial charge is 0.141 e. The molecule has 1 aliphatic heterocycles. The minimum absolute atomic E-state index is 0.292. The first kappa shape index (κ1) is 4.67. The van der Waals surface area contributed by atoms with Crippen molar-refractivity contribution in [2.45, 2.75) is 19.4 Å². The maximum Gasteiger partial charge on any atom is 0.141 e. The van der Waals surface area contributed by atoms with Crippen molar-refractivity contribution in [1.82, 2.24) is 0 Å². The second-order valence-electron chi connectivity index (χ2n) is 1.50. The monoisotopic (exact) mass is 96.1 g/mol. The average molecular weight is 96.1 g/mol. The van der Waals surface area contributed by atoms with Gasteiger partial charge in [0.25, 0.3) is 0 Å². The zero-order valence-corrected chi connectivity index (χ0v) is 4.40. The number of hydrogen-bond donors (Lipinski definition) is 0. The highest BCUT2D eigenvalue weighted by Crippen LogP contribution is 2.05. The van der Waals surface area contributed by atoms with E-state index in [2.05, 4.69) is 11.8 Å². The molecule has 0 saturated carbocycles. The van der Waals surface area contributed by atoms with Gasteiger partial charge in [0.1, 0.15) is 6.10 Å². The van der Waals surface area contributed by atoms with Crippen LogP contribution in [0.5, 0.6) is 0 Å². The highest BCUT2D eigenvalue weighted by Gasteiger charge is 2.18. The van der Waals surface area contributed by atoms with Crippen LogP contribution in [0.15, 0.2) is 0 Å². The molecular formula is C6H8O. The van der Waals surface area contributed by atoms with Crippen LogP contribution in [-0.2, 0) is 4.74 Å². The topological polar surface area (TPSA) is 12.5 Å². The third-order valence-electron chi connectivity index (χ3n) is 0.773. The van der Waals surface area contributed by atoms with Crippen molar-refractivity contribution in [3.05, 3.63) is 0 Å². The Balaban J connectivity index is 2.16. The van der Waals surface area contributed by atoms with E-state index in [1.807, 2.05) is 6.92 Å². The molecular weight excluding hydrogens is 88.1 g/mol. The van der Waals surface area contributed by atoms with Crippen molar-refractivity contribution in [3.63, 3.8) is 0 Å². The third kappa shape index (κ3) is 1.61. The lowest BCUT2D eigenvalue weighted by atomic mass is 10.4. The first-order chi connectivity index (χ1) is 3.43. The first-order valence-corrected chi connectivity index (χ1v) is 2.53. The lowest BCUT2D eigenvalue weighted by Gasteiger charge is -1.66. The Morgan fingerprint density at radius 3 is 3.00 bits per heavy atom. The second-order valence-corrected chi connectivity index (χ2v) is 1.50. The summed E-state index contributed by atoms with van der Waals surface area (Å²) in [5.74, 6) is 5.87. The molecule has 7 heavy (non-hydrogen) atoms. The normalized spacial score (nSPS) is 25.6. The van der Waals surface area contributed by atoms with Crippen molar-refractivity contribution in [3.8, 4) is 11.8 Å². The van der Waals surface area contributed by atoms with E-state index < -0.39 is 0 Å². The van der Waals surface area contributed by atoms with E-state index in [0.717, 1.165) is 13.0 Å². The van der Waals surface area contributed by atoms with Gasteiger partial charge in [0.2, 0.25) is 0 Å². The molecule has 1 unspecified atom stereocenters. The summed E-state index contributed by atoms with van der Waals surface area (Å²) in [4.78, 5) is 0. The predicted octanol–water partition coefficient (Wildman–Crippen LogP) is 0.799. The standard InChI is InChI=1S/C6H8O/c1-2-3-4-6-5-7-6/h6H,2,5H2,1H3. The molecule has 1 atom stereocenters. The Kier molecular flexibility index (Phi) is 1.33. The molecule has 0 aromatic rings. The number of epoxide rings is 1. The molecule has 38 valence electrons. The van der Waals surface area contributed by atoms with Crippen molar-refractivity contribution < 1.29 is 4.74 Å². The fraction of sp³-hybridized carbons (Fsp3) is 0.667. The third-order valence-corrected chi connectivity index (χ3v) is 0.773. The average Bonchev–Trinajstić information content (AvgIpc) is 2.42. The molecule has 1 rings (SSSR count). The molecule has 1 heteroatoms. The summed E-state index contributed by atoms with van der Waals surface area (Å²) >= 11 is 0. The minimum atomic E-state index is 0.292. The van der Waals surface area contributed by atoms with Crippen molar-refractivity contribution >= 4 is 0 Å². The summed E-state index contributed by atoms with van der Waals surface area (Å²) in [6.45, 7) is 2.89. The van der Waals surface area contributed by atoms with Crippen LogP contribution in [0.25, 0.3) is 0 Å². The minimum Gasteiger partial charge on any atom is -0.359 e. The number of hydrogen-bond acceptors (Lipinski definition) is 1. The van der Waals surface area contributed by atoms with Gasteiger partial charge in [0.05, 0.1) is 6.61 Å². The second kappa shape index (κ2) is 1.99. The Morgan fingerprint density at radius 1 is 1.86 bits per heavy atom. The molecule has 1 fully saturated rings. The van der Waals surface area contributed by atoms with Gasteiger partial charge < -0.3 is 4.74 Å².